The van der Waals surface area contributed by atoms with E-state index in [1.807, 2.05) is 6.92 Å². The molecule has 0 radical (unpaired) electrons. The van der Waals surface area contributed by atoms with Gasteiger partial charge in [-0.25, -0.2) is 4.98 Å². The van der Waals surface area contributed by atoms with Crippen molar-refractivity contribution < 1.29 is 4.74 Å². The Morgan fingerprint density at radius 3 is 2.52 bits per heavy atom. The van der Waals surface area contributed by atoms with E-state index >= 15 is 0 Å². The molecule has 0 unspecified atom stereocenters. The molecule has 1 aromatic rings. The first kappa shape index (κ1) is 14.4. The van der Waals surface area contributed by atoms with Crippen molar-refractivity contribution in [1.82, 2.24) is 9.97 Å². The Balaban J connectivity index is 1.70. The van der Waals surface area contributed by atoms with Crippen LogP contribution < -0.4 is 15.4 Å². The number of hydrogen-bond acceptors (Lipinski definition) is 5. The van der Waals surface area contributed by atoms with Crippen LogP contribution in [0.4, 0.5) is 11.5 Å². The molecule has 0 amide bonds. The summed E-state index contributed by atoms with van der Waals surface area (Å²) in [5, 5.41) is 0. The lowest BCUT2D eigenvalue weighted by Gasteiger charge is -2.44. The van der Waals surface area contributed by atoms with Gasteiger partial charge in [0.1, 0.15) is 12.0 Å². The van der Waals surface area contributed by atoms with Crippen molar-refractivity contribution in [3.05, 3.63) is 6.33 Å². The highest BCUT2D eigenvalue weighted by Crippen LogP contribution is 2.45. The summed E-state index contributed by atoms with van der Waals surface area (Å²) in [5.41, 5.74) is 7.36. The Labute approximate surface area is 126 Å². The Hall–Kier alpha value is -1.52. The molecule has 2 heterocycles. The predicted molar refractivity (Wildman–Crippen MR) is 84.6 cm³/mol. The van der Waals surface area contributed by atoms with E-state index in [-0.39, 0.29) is 0 Å². The van der Waals surface area contributed by atoms with Gasteiger partial charge < -0.3 is 15.4 Å². The van der Waals surface area contributed by atoms with E-state index in [0.717, 1.165) is 18.9 Å². The maximum absolute atomic E-state index is 6.18. The maximum atomic E-state index is 6.18. The van der Waals surface area contributed by atoms with Gasteiger partial charge in [-0.3, -0.25) is 0 Å². The standard InChI is InChI=1S/C16H26N4O/c1-2-21-15-13(17)14(18-12-19-15)20-10-8-16(9-11-20)6-4-3-5-7-16/h12H,2-11,17H2,1H3. The fraction of sp³-hybridized carbons (Fsp3) is 0.750. The molecule has 21 heavy (non-hydrogen) atoms. The zero-order chi connectivity index (χ0) is 14.7. The second kappa shape index (κ2) is 6.08. The minimum Gasteiger partial charge on any atom is -0.476 e. The Bertz CT molecular complexity index is 475. The van der Waals surface area contributed by atoms with Gasteiger partial charge in [-0.2, -0.15) is 4.98 Å². The molecule has 5 heteroatoms. The highest BCUT2D eigenvalue weighted by molar-refractivity contribution is 5.67. The highest BCUT2D eigenvalue weighted by Gasteiger charge is 2.36. The molecule has 0 aromatic carbocycles. The molecule has 116 valence electrons. The normalized spacial score (nSPS) is 21.5. The van der Waals surface area contributed by atoms with Crippen molar-refractivity contribution in [2.45, 2.75) is 51.9 Å². The largest absolute Gasteiger partial charge is 0.476 e. The Morgan fingerprint density at radius 2 is 1.86 bits per heavy atom. The van der Waals surface area contributed by atoms with E-state index < -0.39 is 0 Å². The van der Waals surface area contributed by atoms with E-state index in [0.29, 0.717) is 23.6 Å². The second-order valence-electron chi connectivity index (χ2n) is 6.40. The molecule has 1 saturated carbocycles. The topological polar surface area (TPSA) is 64.3 Å². The van der Waals surface area contributed by atoms with Gasteiger partial charge in [-0.15, -0.1) is 0 Å². The summed E-state index contributed by atoms with van der Waals surface area (Å²) in [6, 6.07) is 0. The molecule has 0 atom stereocenters. The van der Waals surface area contributed by atoms with Gasteiger partial charge >= 0.3 is 0 Å². The summed E-state index contributed by atoms with van der Waals surface area (Å²) in [6.07, 6.45) is 11.1. The number of nitrogens with two attached hydrogens (primary N) is 1. The molecule has 2 aliphatic rings. The molecular weight excluding hydrogens is 264 g/mol. The Morgan fingerprint density at radius 1 is 1.14 bits per heavy atom. The molecule has 1 aliphatic heterocycles. The molecule has 1 spiro atoms. The van der Waals surface area contributed by atoms with Gasteiger partial charge in [-0.1, -0.05) is 19.3 Å². The predicted octanol–water partition coefficient (Wildman–Crippen LogP) is 3.01. The number of aromatic nitrogens is 2. The second-order valence-corrected chi connectivity index (χ2v) is 6.40. The first-order valence-corrected chi connectivity index (χ1v) is 8.22. The third-order valence-corrected chi connectivity index (χ3v) is 5.15. The fourth-order valence-electron chi connectivity index (χ4n) is 3.87. The van der Waals surface area contributed by atoms with Crippen LogP contribution >= 0.6 is 0 Å². The van der Waals surface area contributed by atoms with Crippen LogP contribution in [0.25, 0.3) is 0 Å². The van der Waals surface area contributed by atoms with E-state index in [4.69, 9.17) is 10.5 Å². The molecule has 2 N–H and O–H groups in total. The van der Waals surface area contributed by atoms with Crippen molar-refractivity contribution in [3.63, 3.8) is 0 Å². The molecule has 2 fully saturated rings. The van der Waals surface area contributed by atoms with Gasteiger partial charge in [-0.05, 0) is 38.0 Å². The van der Waals surface area contributed by atoms with Crippen LogP contribution in [0.1, 0.15) is 51.9 Å². The van der Waals surface area contributed by atoms with E-state index in [1.165, 1.54) is 44.9 Å². The van der Waals surface area contributed by atoms with E-state index in [9.17, 15) is 0 Å². The fourth-order valence-corrected chi connectivity index (χ4v) is 3.87. The molecule has 1 aliphatic carbocycles. The number of piperidine rings is 1. The first-order chi connectivity index (χ1) is 10.2. The van der Waals surface area contributed by atoms with Crippen LogP contribution in [0.5, 0.6) is 5.88 Å². The van der Waals surface area contributed by atoms with Crippen LogP contribution in [0.3, 0.4) is 0 Å². The zero-order valence-corrected chi connectivity index (χ0v) is 13.0. The Kier molecular flexibility index (Phi) is 4.17. The van der Waals surface area contributed by atoms with Crippen LogP contribution in [-0.4, -0.2) is 29.7 Å². The van der Waals surface area contributed by atoms with Crippen LogP contribution in [0.15, 0.2) is 6.33 Å². The quantitative estimate of drug-likeness (QED) is 0.927. The molecule has 5 nitrogen and oxygen atoms in total. The summed E-state index contributed by atoms with van der Waals surface area (Å²) in [6.45, 7) is 4.61. The third-order valence-electron chi connectivity index (χ3n) is 5.15. The number of ether oxygens (including phenoxy) is 1. The number of rotatable bonds is 3. The zero-order valence-electron chi connectivity index (χ0n) is 13.0. The first-order valence-electron chi connectivity index (χ1n) is 8.22. The number of nitrogens with zero attached hydrogens (tertiary/aromatic N) is 3. The SMILES string of the molecule is CCOc1ncnc(N2CCC3(CCCCC3)CC2)c1N. The van der Waals surface area contributed by atoms with Gasteiger partial charge in [0.15, 0.2) is 5.82 Å². The van der Waals surface area contributed by atoms with Crippen molar-refractivity contribution in [1.29, 1.82) is 0 Å². The summed E-state index contributed by atoms with van der Waals surface area (Å²) < 4.78 is 5.48. The lowest BCUT2D eigenvalue weighted by molar-refractivity contribution is 0.144. The lowest BCUT2D eigenvalue weighted by atomic mass is 9.68. The van der Waals surface area contributed by atoms with Crippen LogP contribution in [0.2, 0.25) is 0 Å². The molecule has 3 rings (SSSR count). The van der Waals surface area contributed by atoms with Crippen molar-refractivity contribution in [3.8, 4) is 5.88 Å². The van der Waals surface area contributed by atoms with E-state index in [1.54, 1.807) is 6.33 Å². The summed E-state index contributed by atoms with van der Waals surface area (Å²) in [4.78, 5) is 10.8. The highest BCUT2D eigenvalue weighted by atomic mass is 16.5. The number of hydrogen-bond donors (Lipinski definition) is 1. The van der Waals surface area contributed by atoms with Crippen LogP contribution in [-0.2, 0) is 0 Å². The average molecular weight is 290 g/mol. The smallest absolute Gasteiger partial charge is 0.242 e. The molecule has 0 bridgehead atoms. The molecule has 1 saturated heterocycles. The number of anilines is 2. The number of nitrogen functional groups attached to an aromatic ring is 1. The lowest BCUT2D eigenvalue weighted by Crippen LogP contribution is -2.41. The van der Waals surface area contributed by atoms with Gasteiger partial charge in [0, 0.05) is 13.1 Å². The maximum Gasteiger partial charge on any atom is 0.242 e. The summed E-state index contributed by atoms with van der Waals surface area (Å²) in [7, 11) is 0. The van der Waals surface area contributed by atoms with Gasteiger partial charge in [0.05, 0.1) is 6.61 Å². The molecule has 1 aromatic heterocycles. The average Bonchev–Trinajstić information content (AvgIpc) is 2.52. The molecular formula is C16H26N4O. The summed E-state index contributed by atoms with van der Waals surface area (Å²) >= 11 is 0. The van der Waals surface area contributed by atoms with Gasteiger partial charge in [0.25, 0.3) is 0 Å². The van der Waals surface area contributed by atoms with E-state index in [2.05, 4.69) is 14.9 Å². The van der Waals surface area contributed by atoms with Crippen LogP contribution in [0, 0.1) is 5.41 Å². The van der Waals surface area contributed by atoms with Crippen molar-refractivity contribution >= 4 is 11.5 Å². The minimum atomic E-state index is 0.514. The van der Waals surface area contributed by atoms with Gasteiger partial charge in [0.2, 0.25) is 5.88 Å². The van der Waals surface area contributed by atoms with Crippen molar-refractivity contribution in [2.75, 3.05) is 30.3 Å². The minimum absolute atomic E-state index is 0.514. The summed E-state index contributed by atoms with van der Waals surface area (Å²) in [5.74, 6) is 1.36. The third kappa shape index (κ3) is 2.92. The monoisotopic (exact) mass is 290 g/mol. The van der Waals surface area contributed by atoms with Crippen molar-refractivity contribution in [2.24, 2.45) is 5.41 Å².